The van der Waals surface area contributed by atoms with Gasteiger partial charge in [-0.1, -0.05) is 24.4 Å². The fraction of sp³-hybridized carbons (Fsp3) is 0. The first kappa shape index (κ1) is 15.7. The molecule has 0 bridgehead atoms. The molecule has 0 saturated heterocycles. The molecule has 0 aromatic carbocycles. The SMILES string of the molecule is [N-]=C=S.[N-]=C=S.[O]=[V+2]. The van der Waals surface area contributed by atoms with Crippen molar-refractivity contribution in [1.29, 1.82) is 0 Å². The van der Waals surface area contributed by atoms with Gasteiger partial charge in [-0.15, -0.1) is 0 Å². The van der Waals surface area contributed by atoms with Crippen LogP contribution in [0.5, 0.6) is 0 Å². The first-order valence-electron chi connectivity index (χ1n) is 1.04. The van der Waals surface area contributed by atoms with Crippen molar-refractivity contribution in [2.75, 3.05) is 0 Å². The molecule has 0 amide bonds. The zero-order valence-electron chi connectivity index (χ0n) is 3.57. The van der Waals surface area contributed by atoms with Crippen molar-refractivity contribution in [1.82, 2.24) is 0 Å². The molecule has 8 heavy (non-hydrogen) atoms. The maximum absolute atomic E-state index is 8.19. The quantitative estimate of drug-likeness (QED) is 0.418. The van der Waals surface area contributed by atoms with Gasteiger partial charge in [0.1, 0.15) is 0 Å². The predicted molar refractivity (Wildman–Crippen MR) is 32.6 cm³/mol. The van der Waals surface area contributed by atoms with Crippen LogP contribution in [-0.4, -0.2) is 10.3 Å². The van der Waals surface area contributed by atoms with Gasteiger partial charge in [-0.2, -0.15) is 10.3 Å². The minimum atomic E-state index is 1.06. The van der Waals surface area contributed by atoms with Crippen LogP contribution >= 0.6 is 24.4 Å². The zero-order valence-corrected chi connectivity index (χ0v) is 6.60. The topological polar surface area (TPSA) is 61.7 Å². The number of isothiocyanates is 2. The van der Waals surface area contributed by atoms with Crippen LogP contribution in [0.15, 0.2) is 0 Å². The number of hydrogen-bond acceptors (Lipinski definition) is 3. The summed E-state index contributed by atoms with van der Waals surface area (Å²) in [4.78, 5) is 0. The third kappa shape index (κ3) is 612000. The van der Waals surface area contributed by atoms with Crippen molar-refractivity contribution < 1.29 is 21.0 Å². The summed E-state index contributed by atoms with van der Waals surface area (Å²) in [5.41, 5.74) is 0. The fourth-order valence-electron chi connectivity index (χ4n) is 0. The zero-order chi connectivity index (χ0) is 7.41. The second kappa shape index (κ2) is 63.5. The summed E-state index contributed by atoms with van der Waals surface area (Å²) in [7, 11) is 0. The van der Waals surface area contributed by atoms with Crippen LogP contribution in [0.3, 0.4) is 0 Å². The van der Waals surface area contributed by atoms with E-state index in [1.54, 1.807) is 0 Å². The third-order valence-corrected chi connectivity index (χ3v) is 0. The van der Waals surface area contributed by atoms with Gasteiger partial charge in [0, 0.05) is 0 Å². The molecule has 0 aromatic rings. The summed E-state index contributed by atoms with van der Waals surface area (Å²) in [5.74, 6) is 0. The molecule has 0 spiro atoms. The van der Waals surface area contributed by atoms with Crippen molar-refractivity contribution in [3.63, 3.8) is 0 Å². The van der Waals surface area contributed by atoms with E-state index in [1.807, 2.05) is 0 Å². The molecule has 0 fully saturated rings. The van der Waals surface area contributed by atoms with Crippen LogP contribution in [0.1, 0.15) is 0 Å². The van der Waals surface area contributed by atoms with Gasteiger partial charge in [-0.3, -0.25) is 0 Å². The number of nitrogens with zero attached hydrogens (tertiary/aromatic N) is 2. The summed E-state index contributed by atoms with van der Waals surface area (Å²) in [6, 6.07) is 0. The molecular weight excluding hydrogens is 183 g/mol. The molecule has 0 N–H and O–H groups in total. The Hall–Kier alpha value is -0.0156. The second-order valence-corrected chi connectivity index (χ2v) is 0.548. The molecule has 3 nitrogen and oxygen atoms in total. The van der Waals surface area contributed by atoms with Gasteiger partial charge in [0.2, 0.25) is 0 Å². The summed E-state index contributed by atoms with van der Waals surface area (Å²) in [6.45, 7) is 0. The van der Waals surface area contributed by atoms with Crippen molar-refractivity contribution in [3.05, 3.63) is 10.8 Å². The van der Waals surface area contributed by atoms with E-state index in [1.165, 1.54) is 10.3 Å². The van der Waals surface area contributed by atoms with Crippen LogP contribution in [0, 0.1) is 0 Å². The molecule has 0 heterocycles. The van der Waals surface area contributed by atoms with Crippen molar-refractivity contribution in [2.24, 2.45) is 0 Å². The van der Waals surface area contributed by atoms with Gasteiger partial charge in [0.05, 0.1) is 0 Å². The molecule has 41 valence electrons. The Bertz CT molecular complexity index is 82.2. The summed E-state index contributed by atoms with van der Waals surface area (Å²) < 4.78 is 8.19. The number of rotatable bonds is 0. The molecule has 0 aromatic heterocycles. The Kier molecular flexibility index (Phi) is 124. The first-order valence-corrected chi connectivity index (χ1v) is 2.42. The van der Waals surface area contributed by atoms with Gasteiger partial charge < -0.3 is 10.8 Å². The van der Waals surface area contributed by atoms with E-state index in [-0.39, 0.29) is 0 Å². The number of hydrogen-bond donors (Lipinski definition) is 0. The van der Waals surface area contributed by atoms with Gasteiger partial charge in [0.15, 0.2) is 0 Å². The fourth-order valence-corrected chi connectivity index (χ4v) is 0. The van der Waals surface area contributed by atoms with E-state index in [4.69, 9.17) is 14.5 Å². The van der Waals surface area contributed by atoms with E-state index < -0.39 is 0 Å². The summed E-state index contributed by atoms with van der Waals surface area (Å²) in [5, 5.41) is 16.9. The molecular formula is C2N2OS2V. The summed E-state index contributed by atoms with van der Waals surface area (Å²) >= 11 is 8.46. The van der Waals surface area contributed by atoms with Crippen LogP contribution in [-0.2, 0) is 21.0 Å². The first-order chi connectivity index (χ1) is 3.83. The molecule has 0 atom stereocenters. The van der Waals surface area contributed by atoms with Gasteiger partial charge in [-0.05, 0) is 0 Å². The van der Waals surface area contributed by atoms with E-state index >= 15 is 0 Å². The standard InChI is InChI=1S/2CNS.O.V/c2*2-1-3;;/q2*-1;;+2. The van der Waals surface area contributed by atoms with Crippen molar-refractivity contribution >= 4 is 34.8 Å². The van der Waals surface area contributed by atoms with E-state index in [0.29, 0.717) is 0 Å². The Morgan fingerprint density at radius 1 is 1.12 bits per heavy atom. The Morgan fingerprint density at radius 2 is 1.12 bits per heavy atom. The molecule has 0 radical (unpaired) electrons. The van der Waals surface area contributed by atoms with E-state index in [9.17, 15) is 0 Å². The Morgan fingerprint density at radius 3 is 1.12 bits per heavy atom. The molecule has 0 aliphatic carbocycles. The van der Waals surface area contributed by atoms with Gasteiger partial charge in [-0.25, -0.2) is 0 Å². The van der Waals surface area contributed by atoms with E-state index in [2.05, 4.69) is 24.4 Å². The summed E-state index contributed by atoms with van der Waals surface area (Å²) in [6.07, 6.45) is 0. The molecule has 0 unspecified atom stereocenters. The predicted octanol–water partition coefficient (Wildman–Crippen LogP) is 1.20. The Labute approximate surface area is 66.7 Å². The van der Waals surface area contributed by atoms with Crippen molar-refractivity contribution in [2.45, 2.75) is 0 Å². The molecule has 0 aliphatic heterocycles. The normalized spacial score (nSPS) is 2.75. The van der Waals surface area contributed by atoms with E-state index in [0.717, 1.165) is 17.4 Å². The van der Waals surface area contributed by atoms with Crippen LogP contribution < -0.4 is 0 Å². The average molecular weight is 183 g/mol. The molecule has 0 aliphatic rings. The molecule has 6 heteroatoms. The Balaban J connectivity index is -0.0000000483. The monoisotopic (exact) mass is 183 g/mol. The van der Waals surface area contributed by atoms with Crippen LogP contribution in [0.2, 0.25) is 0 Å². The maximum atomic E-state index is 8.19. The molecule has 0 rings (SSSR count). The second-order valence-electron chi connectivity index (χ2n) is 0.183. The van der Waals surface area contributed by atoms with Gasteiger partial charge in [0.25, 0.3) is 0 Å². The third-order valence-electron chi connectivity index (χ3n) is 0. The average Bonchev–Trinajstić information content (AvgIpc) is 1.75. The molecule has 0 saturated carbocycles. The van der Waals surface area contributed by atoms with Gasteiger partial charge >= 0.3 is 21.0 Å². The number of thiocarbonyl (C=S) groups is 2. The van der Waals surface area contributed by atoms with Crippen LogP contribution in [0.25, 0.3) is 10.8 Å². The van der Waals surface area contributed by atoms with Crippen LogP contribution in [0.4, 0.5) is 0 Å². The minimum absolute atomic E-state index is 1.06. The van der Waals surface area contributed by atoms with Crippen molar-refractivity contribution in [3.8, 4) is 0 Å².